The summed E-state index contributed by atoms with van der Waals surface area (Å²) in [4.78, 5) is 15.7. The Morgan fingerprint density at radius 3 is 2.75 bits per heavy atom. The second-order valence-corrected chi connectivity index (χ2v) is 12.7. The minimum Gasteiger partial charge on any atom is -0.493 e. The van der Waals surface area contributed by atoms with Crippen LogP contribution in [0.4, 0.5) is 5.82 Å². The van der Waals surface area contributed by atoms with Gasteiger partial charge in [0.1, 0.15) is 11.6 Å². The Balaban J connectivity index is 1.27. The van der Waals surface area contributed by atoms with Crippen molar-refractivity contribution in [3.63, 3.8) is 0 Å². The smallest absolute Gasteiger partial charge is 0.251 e. The van der Waals surface area contributed by atoms with E-state index in [9.17, 15) is 13.2 Å². The number of anilines is 1. The van der Waals surface area contributed by atoms with Crippen LogP contribution in [0.2, 0.25) is 0 Å². The number of carbonyl (C=O) groups excluding carboxylic acids is 1. The molecule has 0 spiro atoms. The van der Waals surface area contributed by atoms with Crippen molar-refractivity contribution < 1.29 is 17.9 Å². The maximum Gasteiger partial charge on any atom is 0.251 e. The van der Waals surface area contributed by atoms with Crippen molar-refractivity contribution in [1.82, 2.24) is 20.0 Å². The number of hydrogen-bond acceptors (Lipinski definition) is 6. The largest absolute Gasteiger partial charge is 0.493 e. The van der Waals surface area contributed by atoms with Gasteiger partial charge in [-0.1, -0.05) is 24.3 Å². The van der Waals surface area contributed by atoms with Gasteiger partial charge in [0, 0.05) is 37.7 Å². The summed E-state index contributed by atoms with van der Waals surface area (Å²) in [5.74, 6) is 1.85. The number of ether oxygens (including phenoxy) is 1. The van der Waals surface area contributed by atoms with Crippen molar-refractivity contribution in [3.8, 4) is 5.75 Å². The molecule has 1 amide bonds. The molecular weight excluding hydrogens is 526 g/mol. The van der Waals surface area contributed by atoms with E-state index in [4.69, 9.17) is 4.74 Å². The molecule has 40 heavy (non-hydrogen) atoms. The molecular formula is C30H39N5O4S. The molecule has 1 aromatic heterocycles. The van der Waals surface area contributed by atoms with Crippen LogP contribution in [0.3, 0.4) is 0 Å². The van der Waals surface area contributed by atoms with Crippen molar-refractivity contribution in [3.05, 3.63) is 77.0 Å². The van der Waals surface area contributed by atoms with E-state index in [-0.39, 0.29) is 5.91 Å². The lowest BCUT2D eigenvalue weighted by Gasteiger charge is -2.23. The summed E-state index contributed by atoms with van der Waals surface area (Å²) in [6, 6.07) is 16.0. The molecule has 2 aromatic carbocycles. The summed E-state index contributed by atoms with van der Waals surface area (Å²) in [7, 11) is -3.42. The van der Waals surface area contributed by atoms with Crippen LogP contribution in [0, 0.1) is 5.92 Å². The lowest BCUT2D eigenvalue weighted by Crippen LogP contribution is -2.28. The van der Waals surface area contributed by atoms with Gasteiger partial charge in [-0.05, 0) is 79.5 Å². The second-order valence-electron chi connectivity index (χ2n) is 11.0. The Morgan fingerprint density at radius 1 is 1.07 bits per heavy atom. The van der Waals surface area contributed by atoms with Crippen LogP contribution in [-0.4, -0.2) is 61.5 Å². The molecule has 2 heterocycles. The minimum atomic E-state index is -3.42. The molecule has 1 fully saturated rings. The highest BCUT2D eigenvalue weighted by Gasteiger charge is 2.24. The molecule has 0 atom stereocenters. The van der Waals surface area contributed by atoms with Crippen molar-refractivity contribution in [1.29, 1.82) is 0 Å². The molecule has 9 nitrogen and oxygen atoms in total. The molecule has 1 saturated carbocycles. The van der Waals surface area contributed by atoms with Gasteiger partial charge >= 0.3 is 0 Å². The molecule has 10 heteroatoms. The lowest BCUT2D eigenvalue weighted by molar-refractivity contribution is 0.0951. The van der Waals surface area contributed by atoms with Crippen molar-refractivity contribution in [2.75, 3.05) is 37.2 Å². The first kappa shape index (κ1) is 28.2. The number of sulfonamides is 1. The molecule has 1 aliphatic heterocycles. The minimum absolute atomic E-state index is 0.198. The Kier molecular flexibility index (Phi) is 9.06. The Bertz CT molecular complexity index is 1420. The summed E-state index contributed by atoms with van der Waals surface area (Å²) in [6.45, 7) is 4.59. The fraction of sp³-hybridized carbons (Fsp3) is 0.467. The Morgan fingerprint density at radius 2 is 1.93 bits per heavy atom. The van der Waals surface area contributed by atoms with Crippen LogP contribution in [-0.2, 0) is 29.5 Å². The van der Waals surface area contributed by atoms with E-state index in [1.165, 1.54) is 47.8 Å². The van der Waals surface area contributed by atoms with Gasteiger partial charge < -0.3 is 10.1 Å². The van der Waals surface area contributed by atoms with E-state index in [1.807, 2.05) is 12.1 Å². The highest BCUT2D eigenvalue weighted by atomic mass is 32.2. The van der Waals surface area contributed by atoms with Gasteiger partial charge in [-0.15, -0.1) is 0 Å². The fourth-order valence-electron chi connectivity index (χ4n) is 5.18. The SMILES string of the molecule is CS(=O)(=O)Nc1ccnn1CCNC(=O)c1ccc2c(c1)Cc1cccc(c1)CN(CC1CC1)CCCCCO2. The number of nitrogens with zero attached hydrogens (tertiary/aromatic N) is 3. The molecule has 0 radical (unpaired) electrons. The number of rotatable bonds is 8. The highest BCUT2D eigenvalue weighted by Crippen LogP contribution is 2.31. The third-order valence-electron chi connectivity index (χ3n) is 7.32. The summed E-state index contributed by atoms with van der Waals surface area (Å²) in [6.07, 6.45) is 9.33. The van der Waals surface area contributed by atoms with Gasteiger partial charge in [-0.3, -0.25) is 14.4 Å². The first-order chi connectivity index (χ1) is 19.3. The second kappa shape index (κ2) is 12.9. The zero-order chi connectivity index (χ0) is 28.0. The average Bonchev–Trinajstić information content (AvgIpc) is 3.63. The number of aromatic nitrogens is 2. The van der Waals surface area contributed by atoms with E-state index in [2.05, 4.69) is 44.3 Å². The highest BCUT2D eigenvalue weighted by molar-refractivity contribution is 7.92. The van der Waals surface area contributed by atoms with Gasteiger partial charge in [0.15, 0.2) is 0 Å². The number of amides is 1. The van der Waals surface area contributed by atoms with E-state index < -0.39 is 10.0 Å². The summed E-state index contributed by atoms with van der Waals surface area (Å²) >= 11 is 0. The fourth-order valence-corrected chi connectivity index (χ4v) is 5.73. The molecule has 2 aliphatic rings. The standard InChI is InChI=1S/C30H39N5O4S/c1-40(37,38)33-29-12-13-32-35(29)16-14-31-30(36)26-10-11-28-27(20-26)19-24-6-5-7-25(18-24)22-34(21-23-8-9-23)15-3-2-4-17-39-28/h5-7,10-13,18,20,23,33H,2-4,8-9,14-17,19,21-22H2,1H3,(H,31,36). The van der Waals surface area contributed by atoms with E-state index >= 15 is 0 Å². The van der Waals surface area contributed by atoms with Crippen LogP contribution in [0.15, 0.2) is 54.7 Å². The van der Waals surface area contributed by atoms with Crippen LogP contribution in [0.25, 0.3) is 0 Å². The number of carbonyl (C=O) groups is 1. The maximum absolute atomic E-state index is 13.0. The van der Waals surface area contributed by atoms with Crippen molar-refractivity contribution in [2.24, 2.45) is 5.92 Å². The third kappa shape index (κ3) is 8.32. The monoisotopic (exact) mass is 565 g/mol. The first-order valence-corrected chi connectivity index (χ1v) is 16.1. The molecule has 0 saturated heterocycles. The summed E-state index contributed by atoms with van der Waals surface area (Å²) in [5.41, 5.74) is 4.08. The molecule has 214 valence electrons. The molecule has 3 aromatic rings. The van der Waals surface area contributed by atoms with Crippen molar-refractivity contribution in [2.45, 2.75) is 51.6 Å². The van der Waals surface area contributed by atoms with Crippen molar-refractivity contribution >= 4 is 21.7 Å². The predicted molar refractivity (Wildman–Crippen MR) is 156 cm³/mol. The first-order valence-electron chi connectivity index (χ1n) is 14.2. The average molecular weight is 566 g/mol. The normalized spacial score (nSPS) is 16.8. The zero-order valence-electron chi connectivity index (χ0n) is 23.1. The van der Waals surface area contributed by atoms with E-state index in [1.54, 1.807) is 12.1 Å². The van der Waals surface area contributed by atoms with Crippen LogP contribution >= 0.6 is 0 Å². The zero-order valence-corrected chi connectivity index (χ0v) is 24.0. The summed E-state index contributed by atoms with van der Waals surface area (Å²) in [5, 5.41) is 7.07. The number of nitrogens with one attached hydrogen (secondary N) is 2. The van der Waals surface area contributed by atoms with Gasteiger partial charge in [-0.25, -0.2) is 13.1 Å². The summed E-state index contributed by atoms with van der Waals surface area (Å²) < 4.78 is 33.3. The van der Waals surface area contributed by atoms with Gasteiger partial charge in [0.25, 0.3) is 5.91 Å². The topological polar surface area (TPSA) is 106 Å². The quantitative estimate of drug-likeness (QED) is 0.427. The van der Waals surface area contributed by atoms with Crippen LogP contribution in [0.1, 0.15) is 59.2 Å². The lowest BCUT2D eigenvalue weighted by atomic mass is 9.99. The third-order valence-corrected chi connectivity index (χ3v) is 7.90. The molecule has 2 N–H and O–H groups in total. The Hall–Kier alpha value is -3.37. The van der Waals surface area contributed by atoms with E-state index in [0.29, 0.717) is 37.5 Å². The van der Waals surface area contributed by atoms with Crippen LogP contribution in [0.5, 0.6) is 5.75 Å². The molecule has 2 bridgehead atoms. The molecule has 1 aliphatic carbocycles. The van der Waals surface area contributed by atoms with Gasteiger partial charge in [-0.2, -0.15) is 5.10 Å². The predicted octanol–water partition coefficient (Wildman–Crippen LogP) is 4.05. The molecule has 0 unspecified atom stereocenters. The number of fused-ring (bicyclic) bond motifs is 3. The molecule has 5 rings (SSSR count). The number of benzene rings is 2. The number of hydrogen-bond donors (Lipinski definition) is 2. The van der Waals surface area contributed by atoms with Gasteiger partial charge in [0.05, 0.1) is 25.6 Å². The van der Waals surface area contributed by atoms with Gasteiger partial charge in [0.2, 0.25) is 10.0 Å². The van der Waals surface area contributed by atoms with Crippen LogP contribution < -0.4 is 14.8 Å². The van der Waals surface area contributed by atoms with E-state index in [0.717, 1.165) is 49.4 Å². The Labute approximate surface area is 237 Å². The maximum atomic E-state index is 13.0.